The Kier molecular flexibility index (Phi) is 4.23. The molecular formula is C20H17FN2O4S. The Morgan fingerprint density at radius 1 is 1.14 bits per heavy atom. The number of nitrogens with zero attached hydrogens (tertiary/aromatic N) is 1. The van der Waals surface area contributed by atoms with E-state index in [1.807, 2.05) is 0 Å². The normalized spacial score (nSPS) is 13.2. The van der Waals surface area contributed by atoms with Crippen LogP contribution in [0.5, 0.6) is 5.75 Å². The summed E-state index contributed by atoms with van der Waals surface area (Å²) in [6.45, 7) is 2.03. The fourth-order valence-electron chi connectivity index (χ4n) is 3.39. The molecule has 144 valence electrons. The first-order valence-electron chi connectivity index (χ1n) is 8.62. The Labute approximate surface area is 161 Å². The van der Waals surface area contributed by atoms with E-state index < -0.39 is 15.8 Å². The van der Waals surface area contributed by atoms with E-state index >= 15 is 0 Å². The van der Waals surface area contributed by atoms with Crippen LogP contribution < -0.4 is 14.4 Å². The van der Waals surface area contributed by atoms with Gasteiger partial charge in [-0.15, -0.1) is 0 Å². The summed E-state index contributed by atoms with van der Waals surface area (Å²) in [6, 6.07) is 11.9. The number of nitrogens with one attached hydrogen (secondary N) is 1. The number of halogens is 1. The van der Waals surface area contributed by atoms with Gasteiger partial charge in [-0.3, -0.25) is 9.52 Å². The second-order valence-corrected chi connectivity index (χ2v) is 8.01. The van der Waals surface area contributed by atoms with Gasteiger partial charge in [0.2, 0.25) is 0 Å². The van der Waals surface area contributed by atoms with Gasteiger partial charge in [0.25, 0.3) is 15.9 Å². The first-order valence-corrected chi connectivity index (χ1v) is 10.1. The number of carbonyl (C=O) groups is 1. The molecule has 1 aliphatic rings. The molecule has 0 radical (unpaired) electrons. The van der Waals surface area contributed by atoms with Gasteiger partial charge in [-0.2, -0.15) is 0 Å². The van der Waals surface area contributed by atoms with Crippen LogP contribution in [-0.2, 0) is 10.0 Å². The summed E-state index contributed by atoms with van der Waals surface area (Å²) < 4.78 is 47.6. The quantitative estimate of drug-likeness (QED) is 0.707. The fraction of sp³-hybridized carbons (Fsp3) is 0.150. The van der Waals surface area contributed by atoms with Crippen molar-refractivity contribution in [2.45, 2.75) is 11.8 Å². The van der Waals surface area contributed by atoms with Crippen molar-refractivity contribution in [3.05, 3.63) is 59.9 Å². The molecule has 8 heteroatoms. The van der Waals surface area contributed by atoms with Crippen LogP contribution in [0.15, 0.2) is 53.4 Å². The Bertz CT molecular complexity index is 1220. The Balaban J connectivity index is 1.78. The van der Waals surface area contributed by atoms with Crippen LogP contribution in [-0.4, -0.2) is 28.0 Å². The second kappa shape index (κ2) is 6.49. The molecule has 3 aromatic rings. The van der Waals surface area contributed by atoms with Crippen LogP contribution in [0.4, 0.5) is 15.8 Å². The third-order valence-corrected chi connectivity index (χ3v) is 6.09. The monoisotopic (exact) mass is 400 g/mol. The molecule has 0 atom stereocenters. The van der Waals surface area contributed by atoms with Crippen LogP contribution in [0, 0.1) is 5.82 Å². The number of ether oxygens (including phenoxy) is 1. The highest BCUT2D eigenvalue weighted by molar-refractivity contribution is 7.93. The molecule has 0 bridgehead atoms. The van der Waals surface area contributed by atoms with Crippen LogP contribution in [0.25, 0.3) is 10.8 Å². The van der Waals surface area contributed by atoms with Crippen molar-refractivity contribution in [3.63, 3.8) is 0 Å². The average molecular weight is 400 g/mol. The number of amides is 1. The van der Waals surface area contributed by atoms with Crippen LogP contribution >= 0.6 is 0 Å². The van der Waals surface area contributed by atoms with E-state index in [9.17, 15) is 17.6 Å². The maximum absolute atomic E-state index is 14.1. The maximum atomic E-state index is 14.1. The van der Waals surface area contributed by atoms with Gasteiger partial charge in [0.05, 0.1) is 22.9 Å². The molecule has 0 aliphatic carbocycles. The first kappa shape index (κ1) is 18.2. The number of benzene rings is 3. The van der Waals surface area contributed by atoms with Gasteiger partial charge in [-0.25, -0.2) is 12.8 Å². The highest BCUT2D eigenvalue weighted by Gasteiger charge is 2.30. The topological polar surface area (TPSA) is 75.7 Å². The van der Waals surface area contributed by atoms with Crippen LogP contribution in [0.3, 0.4) is 0 Å². The van der Waals surface area contributed by atoms with Crippen molar-refractivity contribution in [2.75, 3.05) is 23.3 Å². The summed E-state index contributed by atoms with van der Waals surface area (Å²) in [5, 5.41) is 1.03. The van der Waals surface area contributed by atoms with Gasteiger partial charge < -0.3 is 9.64 Å². The standard InChI is InChI=1S/C20H17FN2O4S/c1-3-27-17-9-7-12(11-15(17)21)22-28(25,26)18-10-8-16-19-13(18)5-4-6-14(19)20(24)23(16)2/h4-11,22H,3H2,1-2H3. The first-order chi connectivity index (χ1) is 13.3. The molecular weight excluding hydrogens is 383 g/mol. The SMILES string of the molecule is CCOc1ccc(NS(=O)(=O)c2ccc3c4c(cccc24)C(=O)N3C)cc1F. The van der Waals surface area contributed by atoms with E-state index in [1.54, 1.807) is 38.2 Å². The van der Waals surface area contributed by atoms with Gasteiger partial charge in [0, 0.05) is 29.4 Å². The molecule has 0 saturated carbocycles. The molecule has 1 amide bonds. The zero-order valence-electron chi connectivity index (χ0n) is 15.2. The number of rotatable bonds is 5. The molecule has 1 aliphatic heterocycles. The summed E-state index contributed by atoms with van der Waals surface area (Å²) in [5.74, 6) is -0.788. The lowest BCUT2D eigenvalue weighted by Crippen LogP contribution is -2.20. The predicted octanol–water partition coefficient (Wildman–Crippen LogP) is 3.77. The van der Waals surface area contributed by atoms with E-state index in [-0.39, 0.29) is 22.2 Å². The Morgan fingerprint density at radius 2 is 1.93 bits per heavy atom. The smallest absolute Gasteiger partial charge is 0.262 e. The molecule has 4 rings (SSSR count). The predicted molar refractivity (Wildman–Crippen MR) is 105 cm³/mol. The summed E-state index contributed by atoms with van der Waals surface area (Å²) in [4.78, 5) is 13.9. The number of sulfonamides is 1. The molecule has 28 heavy (non-hydrogen) atoms. The molecule has 0 fully saturated rings. The van der Waals surface area contributed by atoms with Crippen molar-refractivity contribution in [3.8, 4) is 5.75 Å². The third kappa shape index (κ3) is 2.77. The number of hydrogen-bond donors (Lipinski definition) is 1. The molecule has 6 nitrogen and oxygen atoms in total. The minimum Gasteiger partial charge on any atom is -0.491 e. The summed E-state index contributed by atoms with van der Waals surface area (Å²) in [5.41, 5.74) is 1.19. The van der Waals surface area contributed by atoms with E-state index in [4.69, 9.17) is 4.74 Å². The summed E-state index contributed by atoms with van der Waals surface area (Å²) >= 11 is 0. The van der Waals surface area contributed by atoms with E-state index in [2.05, 4.69) is 4.72 Å². The van der Waals surface area contributed by atoms with E-state index in [1.165, 1.54) is 23.1 Å². The van der Waals surface area contributed by atoms with Crippen molar-refractivity contribution < 1.29 is 22.3 Å². The van der Waals surface area contributed by atoms with Gasteiger partial charge in [0.1, 0.15) is 0 Å². The largest absolute Gasteiger partial charge is 0.491 e. The lowest BCUT2D eigenvalue weighted by molar-refractivity contribution is 0.0999. The Hall–Kier alpha value is -3.13. The van der Waals surface area contributed by atoms with Crippen LogP contribution in [0.2, 0.25) is 0 Å². The number of hydrogen-bond acceptors (Lipinski definition) is 4. The molecule has 3 aromatic carbocycles. The highest BCUT2D eigenvalue weighted by atomic mass is 32.2. The minimum absolute atomic E-state index is 0.0190. The molecule has 0 spiro atoms. The lowest BCUT2D eigenvalue weighted by Gasteiger charge is -2.14. The maximum Gasteiger partial charge on any atom is 0.262 e. The average Bonchev–Trinajstić information content (AvgIpc) is 2.91. The molecule has 1 N–H and O–H groups in total. The van der Waals surface area contributed by atoms with Crippen LogP contribution in [0.1, 0.15) is 17.3 Å². The molecule has 0 saturated heterocycles. The van der Waals surface area contributed by atoms with Crippen molar-refractivity contribution in [1.29, 1.82) is 0 Å². The van der Waals surface area contributed by atoms with Crippen molar-refractivity contribution in [1.82, 2.24) is 0 Å². The van der Waals surface area contributed by atoms with Crippen molar-refractivity contribution >= 4 is 38.1 Å². The molecule has 0 aromatic heterocycles. The summed E-state index contributed by atoms with van der Waals surface area (Å²) in [6.07, 6.45) is 0. The summed E-state index contributed by atoms with van der Waals surface area (Å²) in [7, 11) is -2.36. The zero-order chi connectivity index (χ0) is 20.1. The van der Waals surface area contributed by atoms with Gasteiger partial charge in [-0.05, 0) is 37.3 Å². The third-order valence-electron chi connectivity index (χ3n) is 4.65. The zero-order valence-corrected chi connectivity index (χ0v) is 16.0. The van der Waals surface area contributed by atoms with Crippen molar-refractivity contribution in [2.24, 2.45) is 0 Å². The van der Waals surface area contributed by atoms with Gasteiger partial charge in [0.15, 0.2) is 11.6 Å². The number of anilines is 2. The fourth-order valence-corrected chi connectivity index (χ4v) is 4.64. The Morgan fingerprint density at radius 3 is 2.64 bits per heavy atom. The van der Waals surface area contributed by atoms with Gasteiger partial charge in [-0.1, -0.05) is 12.1 Å². The van der Waals surface area contributed by atoms with E-state index in [0.717, 1.165) is 6.07 Å². The van der Waals surface area contributed by atoms with E-state index in [0.29, 0.717) is 28.6 Å². The minimum atomic E-state index is -4.01. The highest BCUT2D eigenvalue weighted by Crippen LogP contribution is 2.39. The second-order valence-electron chi connectivity index (χ2n) is 6.36. The molecule has 0 unspecified atom stereocenters. The number of carbonyl (C=O) groups excluding carboxylic acids is 1. The molecule has 1 heterocycles. The lowest BCUT2D eigenvalue weighted by atomic mass is 10.1. The van der Waals surface area contributed by atoms with Gasteiger partial charge >= 0.3 is 0 Å².